The number of piperidine rings is 1. The van der Waals surface area contributed by atoms with E-state index in [1.807, 2.05) is 17.9 Å². The van der Waals surface area contributed by atoms with Crippen LogP contribution < -0.4 is 0 Å². The number of aryl methyl sites for hydroxylation is 1. The van der Waals surface area contributed by atoms with Crippen molar-refractivity contribution in [3.63, 3.8) is 0 Å². The first-order valence-corrected chi connectivity index (χ1v) is 12.0. The van der Waals surface area contributed by atoms with Gasteiger partial charge in [0.1, 0.15) is 5.82 Å². The van der Waals surface area contributed by atoms with Gasteiger partial charge in [-0.25, -0.2) is 12.8 Å². The molecule has 0 spiro atoms. The van der Waals surface area contributed by atoms with E-state index in [0.29, 0.717) is 45.6 Å². The number of aromatic nitrogens is 1. The number of sulfonamides is 1. The molecule has 2 aromatic rings. The van der Waals surface area contributed by atoms with Crippen molar-refractivity contribution in [2.45, 2.75) is 31.2 Å². The summed E-state index contributed by atoms with van der Waals surface area (Å²) < 4.78 is 45.3. The lowest BCUT2D eigenvalue weighted by atomic mass is 9.96. The number of carbonyl (C=O) groups excluding carboxylic acids is 1. The van der Waals surface area contributed by atoms with Gasteiger partial charge in [0.15, 0.2) is 5.76 Å². The Morgan fingerprint density at radius 2 is 1.74 bits per heavy atom. The predicted octanol–water partition coefficient (Wildman–Crippen LogP) is 1.87. The molecule has 1 aromatic carbocycles. The zero-order valence-electron chi connectivity index (χ0n) is 17.5. The molecule has 0 N–H and O–H groups in total. The molecule has 31 heavy (non-hydrogen) atoms. The minimum Gasteiger partial charge on any atom is -0.360 e. The summed E-state index contributed by atoms with van der Waals surface area (Å²) in [6.45, 7) is 6.00. The highest BCUT2D eigenvalue weighted by Crippen LogP contribution is 2.26. The van der Waals surface area contributed by atoms with Crippen molar-refractivity contribution in [2.24, 2.45) is 5.92 Å². The summed E-state index contributed by atoms with van der Waals surface area (Å²) in [5.41, 5.74) is 0.858. The summed E-state index contributed by atoms with van der Waals surface area (Å²) in [5.74, 6) is 0.295. The first-order chi connectivity index (χ1) is 14.8. The molecule has 2 saturated heterocycles. The Morgan fingerprint density at radius 3 is 2.32 bits per heavy atom. The first kappa shape index (κ1) is 21.9. The molecule has 2 aliphatic heterocycles. The second-order valence-corrected chi connectivity index (χ2v) is 10.1. The van der Waals surface area contributed by atoms with E-state index < -0.39 is 15.8 Å². The zero-order chi connectivity index (χ0) is 22.0. The van der Waals surface area contributed by atoms with E-state index in [-0.39, 0.29) is 16.7 Å². The molecule has 0 saturated carbocycles. The van der Waals surface area contributed by atoms with E-state index in [1.54, 1.807) is 0 Å². The molecule has 8 nitrogen and oxygen atoms in total. The van der Waals surface area contributed by atoms with Crippen molar-refractivity contribution in [1.82, 2.24) is 19.3 Å². The molecule has 3 heterocycles. The molecule has 0 aliphatic carbocycles. The maximum atomic E-state index is 13.1. The lowest BCUT2D eigenvalue weighted by Crippen LogP contribution is -2.51. The maximum Gasteiger partial charge on any atom is 0.243 e. The first-order valence-electron chi connectivity index (χ1n) is 10.5. The average molecular weight is 451 g/mol. The number of carbonyl (C=O) groups is 1. The molecule has 1 amide bonds. The van der Waals surface area contributed by atoms with Gasteiger partial charge in [-0.15, -0.1) is 0 Å². The van der Waals surface area contributed by atoms with Gasteiger partial charge < -0.3 is 9.42 Å². The van der Waals surface area contributed by atoms with Crippen LogP contribution in [0.3, 0.4) is 0 Å². The average Bonchev–Trinajstić information content (AvgIpc) is 3.18. The van der Waals surface area contributed by atoms with Crippen LogP contribution in [-0.2, 0) is 21.4 Å². The molecule has 2 aliphatic rings. The molecule has 0 bridgehead atoms. The van der Waals surface area contributed by atoms with E-state index in [9.17, 15) is 17.6 Å². The van der Waals surface area contributed by atoms with Crippen molar-refractivity contribution in [2.75, 3.05) is 39.3 Å². The third kappa shape index (κ3) is 4.97. The van der Waals surface area contributed by atoms with Crippen LogP contribution in [0.5, 0.6) is 0 Å². The fourth-order valence-corrected chi connectivity index (χ4v) is 5.66. The number of benzene rings is 1. The van der Waals surface area contributed by atoms with Gasteiger partial charge >= 0.3 is 0 Å². The van der Waals surface area contributed by atoms with Crippen molar-refractivity contribution < 1.29 is 22.1 Å². The fourth-order valence-electron chi connectivity index (χ4n) is 4.19. The monoisotopic (exact) mass is 450 g/mol. The SMILES string of the molecule is Cc1cc(CN2CCN(C(=O)C3CCN(S(=O)(=O)c4ccc(F)cc4)CC3)CC2)on1. The molecule has 0 unspecified atom stereocenters. The number of nitrogens with zero attached hydrogens (tertiary/aromatic N) is 4. The van der Waals surface area contributed by atoms with Crippen molar-refractivity contribution in [1.29, 1.82) is 0 Å². The van der Waals surface area contributed by atoms with Gasteiger partial charge in [0, 0.05) is 51.3 Å². The number of halogens is 1. The van der Waals surface area contributed by atoms with Gasteiger partial charge in [-0.05, 0) is 44.0 Å². The minimum absolute atomic E-state index is 0.0803. The molecular formula is C21H27FN4O4S. The topological polar surface area (TPSA) is 87.0 Å². The van der Waals surface area contributed by atoms with Crippen molar-refractivity contribution in [3.05, 3.63) is 47.6 Å². The van der Waals surface area contributed by atoms with Crippen LogP contribution in [0.4, 0.5) is 4.39 Å². The number of hydrogen-bond acceptors (Lipinski definition) is 6. The molecule has 168 valence electrons. The Bertz CT molecular complexity index is 1010. The van der Waals surface area contributed by atoms with Crippen LogP contribution in [0, 0.1) is 18.7 Å². The summed E-state index contributed by atoms with van der Waals surface area (Å²) >= 11 is 0. The lowest BCUT2D eigenvalue weighted by molar-refractivity contribution is -0.138. The smallest absolute Gasteiger partial charge is 0.243 e. The van der Waals surface area contributed by atoms with Crippen molar-refractivity contribution in [3.8, 4) is 0 Å². The van der Waals surface area contributed by atoms with Crippen molar-refractivity contribution >= 4 is 15.9 Å². The van der Waals surface area contributed by atoms with Gasteiger partial charge in [0.2, 0.25) is 15.9 Å². The van der Waals surface area contributed by atoms with Crippen LogP contribution in [0.15, 0.2) is 39.8 Å². The van der Waals surface area contributed by atoms with E-state index in [4.69, 9.17) is 4.52 Å². The molecule has 0 radical (unpaired) electrons. The number of rotatable bonds is 5. The van der Waals surface area contributed by atoms with E-state index in [1.165, 1.54) is 16.4 Å². The predicted molar refractivity (Wildman–Crippen MR) is 111 cm³/mol. The Kier molecular flexibility index (Phi) is 6.40. The third-order valence-electron chi connectivity index (χ3n) is 5.99. The maximum absolute atomic E-state index is 13.1. The fraction of sp³-hybridized carbons (Fsp3) is 0.524. The number of hydrogen-bond donors (Lipinski definition) is 0. The quantitative estimate of drug-likeness (QED) is 0.691. The Morgan fingerprint density at radius 1 is 1.10 bits per heavy atom. The standard InChI is InChI=1S/C21H27FN4O4S/c1-16-14-19(30-23-16)15-24-10-12-25(13-11-24)21(27)17-6-8-26(9-7-17)31(28,29)20-4-2-18(22)3-5-20/h2-5,14,17H,6-13,15H2,1H3. The molecule has 4 rings (SSSR count). The van der Waals surface area contributed by atoms with Crippen LogP contribution in [0.2, 0.25) is 0 Å². The van der Waals surface area contributed by atoms with Gasteiger partial charge in [-0.2, -0.15) is 4.31 Å². The second-order valence-electron chi connectivity index (χ2n) is 8.17. The Labute approximate surface area is 181 Å². The van der Waals surface area contributed by atoms with Gasteiger partial charge in [0.25, 0.3) is 0 Å². The lowest BCUT2D eigenvalue weighted by Gasteiger charge is -2.38. The molecular weight excluding hydrogens is 423 g/mol. The third-order valence-corrected chi connectivity index (χ3v) is 7.91. The minimum atomic E-state index is -3.67. The van der Waals surface area contributed by atoms with Crippen LogP contribution >= 0.6 is 0 Å². The van der Waals surface area contributed by atoms with Gasteiger partial charge in [0.05, 0.1) is 17.1 Å². The number of amides is 1. The highest BCUT2D eigenvalue weighted by Gasteiger charge is 2.34. The number of piperazine rings is 1. The molecule has 1 aromatic heterocycles. The summed E-state index contributed by atoms with van der Waals surface area (Å²) in [7, 11) is -3.67. The summed E-state index contributed by atoms with van der Waals surface area (Å²) in [6.07, 6.45) is 0.994. The summed E-state index contributed by atoms with van der Waals surface area (Å²) in [4.78, 5) is 17.2. The zero-order valence-corrected chi connectivity index (χ0v) is 18.4. The second kappa shape index (κ2) is 9.05. The Balaban J connectivity index is 1.27. The van der Waals surface area contributed by atoms with Gasteiger partial charge in [-0.3, -0.25) is 9.69 Å². The highest BCUT2D eigenvalue weighted by atomic mass is 32.2. The van der Waals surface area contributed by atoms with Crippen LogP contribution in [0.1, 0.15) is 24.3 Å². The highest BCUT2D eigenvalue weighted by molar-refractivity contribution is 7.89. The van der Waals surface area contributed by atoms with Crippen LogP contribution in [-0.4, -0.2) is 72.9 Å². The van der Waals surface area contributed by atoms with E-state index >= 15 is 0 Å². The molecule has 2 fully saturated rings. The Hall–Kier alpha value is -2.30. The largest absolute Gasteiger partial charge is 0.360 e. The van der Waals surface area contributed by atoms with E-state index in [0.717, 1.165) is 36.7 Å². The van der Waals surface area contributed by atoms with Gasteiger partial charge in [-0.1, -0.05) is 5.16 Å². The molecule has 10 heteroatoms. The summed E-state index contributed by atoms with van der Waals surface area (Å²) in [5, 5.41) is 3.90. The normalized spacial score (nSPS) is 19.6. The van der Waals surface area contributed by atoms with Crippen LogP contribution in [0.25, 0.3) is 0 Å². The summed E-state index contributed by atoms with van der Waals surface area (Å²) in [6, 6.07) is 6.77. The molecule has 0 atom stereocenters. The van der Waals surface area contributed by atoms with E-state index in [2.05, 4.69) is 10.1 Å².